The van der Waals surface area contributed by atoms with Crippen molar-refractivity contribution >= 4 is 40.6 Å². The maximum absolute atomic E-state index is 12.4. The third-order valence-corrected chi connectivity index (χ3v) is 3.80. The van der Waals surface area contributed by atoms with Crippen molar-refractivity contribution in [3.05, 3.63) is 62.6 Å². The molecule has 0 unspecified atom stereocenters. The van der Waals surface area contributed by atoms with Gasteiger partial charge in [0, 0.05) is 21.5 Å². The maximum atomic E-state index is 12.4. The normalized spacial score (nSPS) is 10.4. The van der Waals surface area contributed by atoms with Crippen LogP contribution in [0.25, 0.3) is 0 Å². The third-order valence-electron chi connectivity index (χ3n) is 2.86. The lowest BCUT2D eigenvalue weighted by molar-refractivity contribution is 0.0990. The molecule has 0 aromatic heterocycles. The van der Waals surface area contributed by atoms with Crippen LogP contribution in [0.15, 0.2) is 36.4 Å². The van der Waals surface area contributed by atoms with Crippen LogP contribution < -0.4 is 4.74 Å². The lowest BCUT2D eigenvalue weighted by Gasteiger charge is -2.10. The van der Waals surface area contributed by atoms with Gasteiger partial charge in [-0.3, -0.25) is 4.79 Å². The molecule has 2 nitrogen and oxygen atoms in total. The maximum Gasteiger partial charge on any atom is 0.171 e. The molecular formula is C15H11Cl3O2. The Balaban J connectivity index is 2.35. The van der Waals surface area contributed by atoms with E-state index >= 15 is 0 Å². The molecule has 0 N–H and O–H groups in total. The second kappa shape index (κ2) is 6.49. The van der Waals surface area contributed by atoms with Crippen LogP contribution in [0.2, 0.25) is 15.1 Å². The SMILES string of the molecule is COc1ccc(Cl)cc1C(=O)Cc1c(Cl)cccc1Cl. The highest BCUT2D eigenvalue weighted by Crippen LogP contribution is 2.28. The Hall–Kier alpha value is -1.22. The minimum atomic E-state index is -0.153. The van der Waals surface area contributed by atoms with Gasteiger partial charge in [-0.2, -0.15) is 0 Å². The minimum Gasteiger partial charge on any atom is -0.496 e. The van der Waals surface area contributed by atoms with Crippen molar-refractivity contribution in [3.8, 4) is 5.75 Å². The van der Waals surface area contributed by atoms with Gasteiger partial charge >= 0.3 is 0 Å². The number of carbonyl (C=O) groups is 1. The van der Waals surface area contributed by atoms with Crippen molar-refractivity contribution in [3.63, 3.8) is 0 Å². The molecule has 0 aliphatic carbocycles. The summed E-state index contributed by atoms with van der Waals surface area (Å²) in [4.78, 5) is 12.4. The highest BCUT2D eigenvalue weighted by molar-refractivity contribution is 6.36. The van der Waals surface area contributed by atoms with Crippen molar-refractivity contribution in [2.24, 2.45) is 0 Å². The number of ketones is 1. The summed E-state index contributed by atoms with van der Waals surface area (Å²) in [5.74, 6) is 0.321. The van der Waals surface area contributed by atoms with E-state index in [-0.39, 0.29) is 12.2 Å². The predicted octanol–water partition coefficient (Wildman–Crippen LogP) is 5.08. The Kier molecular flexibility index (Phi) is 4.92. The van der Waals surface area contributed by atoms with Gasteiger partial charge in [-0.25, -0.2) is 0 Å². The first-order valence-corrected chi connectivity index (χ1v) is 6.96. The van der Waals surface area contributed by atoms with Crippen molar-refractivity contribution < 1.29 is 9.53 Å². The molecule has 2 rings (SSSR count). The van der Waals surface area contributed by atoms with Gasteiger partial charge < -0.3 is 4.74 Å². The van der Waals surface area contributed by atoms with Crippen LogP contribution in [-0.2, 0) is 6.42 Å². The first kappa shape index (κ1) is 15.2. The Morgan fingerprint density at radius 2 is 1.75 bits per heavy atom. The topological polar surface area (TPSA) is 26.3 Å². The molecule has 2 aromatic carbocycles. The molecule has 0 saturated carbocycles. The van der Waals surface area contributed by atoms with E-state index < -0.39 is 0 Å². The van der Waals surface area contributed by atoms with Crippen molar-refractivity contribution in [2.45, 2.75) is 6.42 Å². The van der Waals surface area contributed by atoms with Crippen LogP contribution in [-0.4, -0.2) is 12.9 Å². The highest BCUT2D eigenvalue weighted by Gasteiger charge is 2.16. The Morgan fingerprint density at radius 1 is 1.10 bits per heavy atom. The summed E-state index contributed by atoms with van der Waals surface area (Å²) in [5.41, 5.74) is 1.01. The van der Waals surface area contributed by atoms with Gasteiger partial charge in [0.1, 0.15) is 5.75 Å². The Morgan fingerprint density at radius 3 is 2.35 bits per heavy atom. The molecule has 0 amide bonds. The standard InChI is InChI=1S/C15H11Cl3O2/c1-20-15-6-5-9(16)7-11(15)14(19)8-10-12(17)3-2-4-13(10)18/h2-7H,8H2,1H3. The Labute approximate surface area is 132 Å². The van der Waals surface area contributed by atoms with E-state index in [0.717, 1.165) is 0 Å². The zero-order valence-corrected chi connectivity index (χ0v) is 12.9. The summed E-state index contributed by atoms with van der Waals surface area (Å²) in [7, 11) is 1.50. The number of benzene rings is 2. The van der Waals surface area contributed by atoms with E-state index in [1.807, 2.05) is 0 Å². The van der Waals surface area contributed by atoms with Gasteiger partial charge in [-0.15, -0.1) is 0 Å². The molecule has 0 atom stereocenters. The van der Waals surface area contributed by atoms with Crippen LogP contribution in [0, 0.1) is 0 Å². The summed E-state index contributed by atoms with van der Waals surface area (Å²) in [6.07, 6.45) is 0.0925. The van der Waals surface area contributed by atoms with Gasteiger partial charge in [0.25, 0.3) is 0 Å². The van der Waals surface area contributed by atoms with Gasteiger partial charge in [-0.05, 0) is 35.9 Å². The van der Waals surface area contributed by atoms with Crippen LogP contribution in [0.5, 0.6) is 5.75 Å². The number of methoxy groups -OCH3 is 1. The summed E-state index contributed by atoms with van der Waals surface area (Å²) in [6.45, 7) is 0. The Bertz CT molecular complexity index is 633. The summed E-state index contributed by atoms with van der Waals surface area (Å²) in [5, 5.41) is 1.40. The monoisotopic (exact) mass is 328 g/mol. The number of ether oxygens (including phenoxy) is 1. The molecule has 20 heavy (non-hydrogen) atoms. The molecule has 2 aromatic rings. The number of halogens is 3. The molecule has 5 heteroatoms. The fourth-order valence-electron chi connectivity index (χ4n) is 1.86. The van der Waals surface area contributed by atoms with Crippen LogP contribution in [0.3, 0.4) is 0 Å². The second-order valence-corrected chi connectivity index (χ2v) is 5.40. The molecule has 0 radical (unpaired) electrons. The lowest BCUT2D eigenvalue weighted by Crippen LogP contribution is -2.06. The van der Waals surface area contributed by atoms with Crippen molar-refractivity contribution in [1.82, 2.24) is 0 Å². The molecule has 0 spiro atoms. The number of Topliss-reactive ketones (excluding diaryl/α,β-unsaturated/α-hetero) is 1. The molecule has 0 aliphatic rings. The second-order valence-electron chi connectivity index (χ2n) is 4.14. The quantitative estimate of drug-likeness (QED) is 0.731. The molecule has 0 heterocycles. The van der Waals surface area contributed by atoms with Crippen LogP contribution >= 0.6 is 34.8 Å². The van der Waals surface area contributed by atoms with E-state index in [1.165, 1.54) is 7.11 Å². The smallest absolute Gasteiger partial charge is 0.171 e. The zero-order chi connectivity index (χ0) is 14.7. The van der Waals surface area contributed by atoms with E-state index in [0.29, 0.717) is 31.9 Å². The fourth-order valence-corrected chi connectivity index (χ4v) is 2.56. The van der Waals surface area contributed by atoms with E-state index in [1.54, 1.807) is 36.4 Å². The lowest BCUT2D eigenvalue weighted by atomic mass is 10.0. The van der Waals surface area contributed by atoms with Gasteiger partial charge in [0.05, 0.1) is 12.7 Å². The summed E-state index contributed by atoms with van der Waals surface area (Å²) >= 11 is 18.1. The van der Waals surface area contributed by atoms with Crippen molar-refractivity contribution in [1.29, 1.82) is 0 Å². The average molecular weight is 330 g/mol. The number of hydrogen-bond acceptors (Lipinski definition) is 2. The molecule has 0 saturated heterocycles. The molecule has 0 bridgehead atoms. The predicted molar refractivity (Wildman–Crippen MR) is 82.5 cm³/mol. The van der Waals surface area contributed by atoms with E-state index in [4.69, 9.17) is 39.5 Å². The molecule has 104 valence electrons. The first-order valence-electron chi connectivity index (χ1n) is 5.82. The highest BCUT2D eigenvalue weighted by atomic mass is 35.5. The zero-order valence-electron chi connectivity index (χ0n) is 10.6. The number of rotatable bonds is 4. The third kappa shape index (κ3) is 3.26. The average Bonchev–Trinajstić information content (AvgIpc) is 2.43. The molecule has 0 fully saturated rings. The van der Waals surface area contributed by atoms with Crippen LogP contribution in [0.1, 0.15) is 15.9 Å². The fraction of sp³-hybridized carbons (Fsp3) is 0.133. The van der Waals surface area contributed by atoms with Gasteiger partial charge in [-0.1, -0.05) is 40.9 Å². The van der Waals surface area contributed by atoms with Crippen molar-refractivity contribution in [2.75, 3.05) is 7.11 Å². The minimum absolute atomic E-state index is 0.0925. The van der Waals surface area contributed by atoms with Gasteiger partial charge in [0.15, 0.2) is 5.78 Å². The molecular weight excluding hydrogens is 319 g/mol. The van der Waals surface area contributed by atoms with E-state index in [9.17, 15) is 4.79 Å². The number of hydrogen-bond donors (Lipinski definition) is 0. The first-order chi connectivity index (χ1) is 9.52. The summed E-state index contributed by atoms with van der Waals surface area (Å²) < 4.78 is 5.17. The van der Waals surface area contributed by atoms with E-state index in [2.05, 4.69) is 0 Å². The largest absolute Gasteiger partial charge is 0.496 e. The van der Waals surface area contributed by atoms with Gasteiger partial charge in [0.2, 0.25) is 0 Å². The summed E-state index contributed by atoms with van der Waals surface area (Å²) in [6, 6.07) is 10.0. The van der Waals surface area contributed by atoms with Crippen LogP contribution in [0.4, 0.5) is 0 Å². The number of carbonyl (C=O) groups excluding carboxylic acids is 1. The molecule has 0 aliphatic heterocycles.